The van der Waals surface area contributed by atoms with E-state index in [1.54, 1.807) is 0 Å². The maximum absolute atomic E-state index is 12.0. The molecule has 0 aliphatic heterocycles. The first kappa shape index (κ1) is 19.7. The largest absolute Gasteiger partial charge is 0.353 e. The van der Waals surface area contributed by atoms with Crippen LogP contribution in [0.25, 0.3) is 0 Å². The summed E-state index contributed by atoms with van der Waals surface area (Å²) in [5.74, 6) is 1.07. The van der Waals surface area contributed by atoms with Gasteiger partial charge >= 0.3 is 0 Å². The summed E-state index contributed by atoms with van der Waals surface area (Å²) in [6.45, 7) is 8.50. The Morgan fingerprint density at radius 2 is 1.88 bits per heavy atom. The van der Waals surface area contributed by atoms with E-state index < -0.39 is 0 Å². The molecule has 0 saturated heterocycles. The minimum absolute atomic E-state index is 0.0458. The molecule has 0 bridgehead atoms. The second kappa shape index (κ2) is 9.77. The van der Waals surface area contributed by atoms with Gasteiger partial charge < -0.3 is 10.6 Å². The zero-order chi connectivity index (χ0) is 18.2. The van der Waals surface area contributed by atoms with Crippen molar-refractivity contribution in [3.8, 4) is 0 Å². The van der Waals surface area contributed by atoms with E-state index in [1.165, 1.54) is 28.7 Å². The Kier molecular flexibility index (Phi) is 7.71. The number of anilines is 2. The van der Waals surface area contributed by atoms with Crippen molar-refractivity contribution in [2.45, 2.75) is 50.9 Å². The monoisotopic (exact) mass is 378 g/mol. The van der Waals surface area contributed by atoms with Gasteiger partial charge in [0.1, 0.15) is 0 Å². The van der Waals surface area contributed by atoms with Crippen LogP contribution >= 0.6 is 23.1 Å². The lowest BCUT2D eigenvalue weighted by Crippen LogP contribution is -2.33. The van der Waals surface area contributed by atoms with Gasteiger partial charge in [0.2, 0.25) is 11.0 Å². The van der Waals surface area contributed by atoms with Crippen LogP contribution in [0.3, 0.4) is 0 Å². The van der Waals surface area contributed by atoms with Gasteiger partial charge in [-0.25, -0.2) is 0 Å². The Labute approximate surface area is 158 Å². The van der Waals surface area contributed by atoms with E-state index in [9.17, 15) is 4.79 Å². The first-order chi connectivity index (χ1) is 11.9. The van der Waals surface area contributed by atoms with E-state index in [1.807, 2.05) is 24.3 Å². The second-order valence-corrected chi connectivity index (χ2v) is 8.79. The summed E-state index contributed by atoms with van der Waals surface area (Å²) in [4.78, 5) is 12.0. The first-order valence-electron chi connectivity index (χ1n) is 8.51. The quantitative estimate of drug-likeness (QED) is 0.623. The molecule has 0 spiro atoms. The number of amides is 1. The second-order valence-electron chi connectivity index (χ2n) is 6.59. The number of nitrogens with zero attached hydrogens (tertiary/aromatic N) is 2. The van der Waals surface area contributed by atoms with Crippen molar-refractivity contribution < 1.29 is 4.79 Å². The number of benzene rings is 1. The predicted octanol–water partition coefficient (Wildman–Crippen LogP) is 4.62. The summed E-state index contributed by atoms with van der Waals surface area (Å²) in [7, 11) is 0. The van der Waals surface area contributed by atoms with E-state index in [0.29, 0.717) is 11.7 Å². The van der Waals surface area contributed by atoms with Crippen LogP contribution in [0.4, 0.5) is 10.8 Å². The third-order valence-electron chi connectivity index (χ3n) is 3.62. The minimum Gasteiger partial charge on any atom is -0.353 e. The van der Waals surface area contributed by atoms with Crippen LogP contribution in [0.2, 0.25) is 0 Å². The molecule has 0 aliphatic carbocycles. The maximum atomic E-state index is 12.0. The Balaban J connectivity index is 1.75. The molecule has 2 aromatic rings. The third-order valence-corrected chi connectivity index (χ3v) is 5.59. The molecule has 1 amide bonds. The number of nitrogens with one attached hydrogen (secondary N) is 2. The molecular weight excluding hydrogens is 352 g/mol. The number of aromatic nitrogens is 2. The highest BCUT2D eigenvalue weighted by molar-refractivity contribution is 8.01. The highest BCUT2D eigenvalue weighted by atomic mass is 32.2. The minimum atomic E-state index is 0.0458. The molecule has 1 atom stereocenters. The van der Waals surface area contributed by atoms with Gasteiger partial charge in [-0.3, -0.25) is 4.79 Å². The summed E-state index contributed by atoms with van der Waals surface area (Å²) >= 11 is 2.88. The fraction of sp³-hybridized carbons (Fsp3) is 0.500. The van der Waals surface area contributed by atoms with Crippen molar-refractivity contribution in [1.29, 1.82) is 0 Å². The van der Waals surface area contributed by atoms with Crippen LogP contribution in [0.5, 0.6) is 0 Å². The van der Waals surface area contributed by atoms with E-state index in [2.05, 4.69) is 48.5 Å². The summed E-state index contributed by atoms with van der Waals surface area (Å²) in [5, 5.41) is 15.3. The van der Waals surface area contributed by atoms with Crippen molar-refractivity contribution in [3.05, 3.63) is 29.8 Å². The van der Waals surface area contributed by atoms with Gasteiger partial charge in [-0.1, -0.05) is 54.6 Å². The van der Waals surface area contributed by atoms with Crippen LogP contribution in [0, 0.1) is 12.8 Å². The molecular formula is C18H26N4OS2. The Bertz CT molecular complexity index is 670. The third kappa shape index (κ3) is 7.44. The van der Waals surface area contributed by atoms with Crippen LogP contribution in [-0.2, 0) is 4.79 Å². The lowest BCUT2D eigenvalue weighted by atomic mass is 10.0. The molecule has 7 heteroatoms. The Morgan fingerprint density at radius 1 is 1.16 bits per heavy atom. The van der Waals surface area contributed by atoms with Gasteiger partial charge in [0.25, 0.3) is 0 Å². The number of hydrogen-bond donors (Lipinski definition) is 2. The highest BCUT2D eigenvalue weighted by Gasteiger charge is 2.11. The van der Waals surface area contributed by atoms with Crippen molar-refractivity contribution >= 4 is 39.8 Å². The van der Waals surface area contributed by atoms with Gasteiger partial charge in [0.15, 0.2) is 4.34 Å². The van der Waals surface area contributed by atoms with Crippen molar-refractivity contribution in [2.24, 2.45) is 5.92 Å². The van der Waals surface area contributed by atoms with Crippen molar-refractivity contribution in [2.75, 3.05) is 11.1 Å². The number of aryl methyl sites for hydroxylation is 1. The Morgan fingerprint density at radius 3 is 2.56 bits per heavy atom. The molecule has 5 nitrogen and oxygen atoms in total. The van der Waals surface area contributed by atoms with E-state index in [0.717, 1.165) is 28.0 Å². The number of carbonyl (C=O) groups is 1. The maximum Gasteiger partial charge on any atom is 0.230 e. The fourth-order valence-electron chi connectivity index (χ4n) is 2.18. The number of hydrogen-bond acceptors (Lipinski definition) is 6. The molecule has 0 aliphatic rings. The topological polar surface area (TPSA) is 66.9 Å². The summed E-state index contributed by atoms with van der Waals surface area (Å²) in [6, 6.07) is 8.32. The van der Waals surface area contributed by atoms with Gasteiger partial charge in [-0.2, -0.15) is 0 Å². The highest BCUT2D eigenvalue weighted by Crippen LogP contribution is 2.27. The zero-order valence-corrected chi connectivity index (χ0v) is 16.8. The van der Waals surface area contributed by atoms with Crippen LogP contribution in [-0.4, -0.2) is 27.9 Å². The van der Waals surface area contributed by atoms with E-state index >= 15 is 0 Å². The zero-order valence-electron chi connectivity index (χ0n) is 15.2. The van der Waals surface area contributed by atoms with Gasteiger partial charge in [0, 0.05) is 11.7 Å². The van der Waals surface area contributed by atoms with Crippen LogP contribution in [0.1, 0.15) is 39.2 Å². The SMILES string of the molecule is Cc1ccc(Nc2nnc(SCC(=O)N[C@@H](C)CCC(C)C)s2)cc1. The number of thioether (sulfide) groups is 1. The predicted molar refractivity (Wildman–Crippen MR) is 107 cm³/mol. The van der Waals surface area contributed by atoms with Crippen molar-refractivity contribution in [3.63, 3.8) is 0 Å². The molecule has 136 valence electrons. The number of rotatable bonds is 9. The molecule has 0 radical (unpaired) electrons. The van der Waals surface area contributed by atoms with Crippen LogP contribution < -0.4 is 10.6 Å². The number of carbonyl (C=O) groups excluding carboxylic acids is 1. The van der Waals surface area contributed by atoms with Gasteiger partial charge in [-0.15, -0.1) is 10.2 Å². The van der Waals surface area contributed by atoms with Gasteiger partial charge in [-0.05, 0) is 44.7 Å². The smallest absolute Gasteiger partial charge is 0.230 e. The molecule has 25 heavy (non-hydrogen) atoms. The molecule has 1 heterocycles. The summed E-state index contributed by atoms with van der Waals surface area (Å²) < 4.78 is 0.791. The molecule has 0 saturated carbocycles. The Hall–Kier alpha value is -1.60. The molecule has 1 aromatic heterocycles. The van der Waals surface area contributed by atoms with Crippen molar-refractivity contribution in [1.82, 2.24) is 15.5 Å². The first-order valence-corrected chi connectivity index (χ1v) is 10.3. The molecule has 0 unspecified atom stereocenters. The average molecular weight is 379 g/mol. The fourth-order valence-corrected chi connectivity index (χ4v) is 3.76. The standard InChI is InChI=1S/C18H26N4OS2/c1-12(2)5-8-14(4)19-16(23)11-24-18-22-21-17(25-18)20-15-9-6-13(3)7-10-15/h6-7,9-10,12,14H,5,8,11H2,1-4H3,(H,19,23)(H,20,21)/t14-/m0/s1. The normalized spacial score (nSPS) is 12.2. The van der Waals surface area contributed by atoms with Crippen LogP contribution in [0.15, 0.2) is 28.6 Å². The lowest BCUT2D eigenvalue weighted by molar-refractivity contribution is -0.119. The lowest BCUT2D eigenvalue weighted by Gasteiger charge is -2.14. The van der Waals surface area contributed by atoms with E-state index in [4.69, 9.17) is 0 Å². The molecule has 0 fully saturated rings. The molecule has 2 N–H and O–H groups in total. The summed E-state index contributed by atoms with van der Waals surface area (Å²) in [6.07, 6.45) is 2.14. The molecule has 1 aromatic carbocycles. The van der Waals surface area contributed by atoms with E-state index in [-0.39, 0.29) is 11.9 Å². The van der Waals surface area contributed by atoms with Gasteiger partial charge in [0.05, 0.1) is 5.75 Å². The molecule has 2 rings (SSSR count). The summed E-state index contributed by atoms with van der Waals surface area (Å²) in [5.41, 5.74) is 2.20. The average Bonchev–Trinajstić information content (AvgIpc) is 3.01.